The summed E-state index contributed by atoms with van der Waals surface area (Å²) in [6, 6.07) is 3.40. The van der Waals surface area contributed by atoms with Crippen molar-refractivity contribution in [3.8, 4) is 5.95 Å². The summed E-state index contributed by atoms with van der Waals surface area (Å²) in [5.74, 6) is 0.584. The lowest BCUT2D eigenvalue weighted by atomic mass is 10.4. The van der Waals surface area contributed by atoms with Gasteiger partial charge in [-0.2, -0.15) is 0 Å². The summed E-state index contributed by atoms with van der Waals surface area (Å²) in [6.07, 6.45) is 8.28. The molecule has 8 nitrogen and oxygen atoms in total. The number of carbonyl (C=O) groups is 1. The topological polar surface area (TPSA) is 90.0 Å². The van der Waals surface area contributed by atoms with Crippen LogP contribution < -0.4 is 5.32 Å². The Morgan fingerprint density at radius 1 is 1.18 bits per heavy atom. The summed E-state index contributed by atoms with van der Waals surface area (Å²) in [5, 5.41) is 8.84. The van der Waals surface area contributed by atoms with Crippen LogP contribution >= 0.6 is 11.3 Å². The monoisotopic (exact) mass is 311 g/mol. The van der Waals surface area contributed by atoms with Gasteiger partial charge in [0.2, 0.25) is 5.95 Å². The molecular weight excluding hydrogens is 302 g/mol. The molecule has 0 aliphatic rings. The summed E-state index contributed by atoms with van der Waals surface area (Å²) in [6.45, 7) is 0. The zero-order valence-electron chi connectivity index (χ0n) is 11.1. The number of amides is 1. The molecule has 0 spiro atoms. The lowest BCUT2D eigenvalue weighted by Crippen LogP contribution is -2.14. The van der Waals surface area contributed by atoms with Crippen molar-refractivity contribution in [2.45, 2.75) is 0 Å². The van der Waals surface area contributed by atoms with Gasteiger partial charge in [0.1, 0.15) is 5.69 Å². The molecule has 0 aliphatic heterocycles. The fraction of sp³-hybridized carbons (Fsp3) is 0. The molecule has 0 bridgehead atoms. The van der Waals surface area contributed by atoms with Gasteiger partial charge in [-0.25, -0.2) is 19.6 Å². The number of rotatable bonds is 3. The van der Waals surface area contributed by atoms with Crippen LogP contribution in [-0.4, -0.2) is 35.0 Å². The minimum atomic E-state index is -0.273. The van der Waals surface area contributed by atoms with E-state index in [2.05, 4.69) is 25.4 Å². The minimum Gasteiger partial charge on any atom is -0.304 e. The average Bonchev–Trinajstić information content (AvgIpc) is 3.24. The van der Waals surface area contributed by atoms with Crippen molar-refractivity contribution in [2.75, 3.05) is 5.32 Å². The van der Waals surface area contributed by atoms with Crippen LogP contribution in [-0.2, 0) is 0 Å². The number of nitrogens with one attached hydrogen (secondary N) is 1. The minimum absolute atomic E-state index is 0.273. The Kier molecular flexibility index (Phi) is 2.90. The van der Waals surface area contributed by atoms with E-state index in [4.69, 9.17) is 0 Å². The van der Waals surface area contributed by atoms with Crippen molar-refractivity contribution in [3.63, 3.8) is 0 Å². The molecule has 4 heterocycles. The predicted molar refractivity (Wildman–Crippen MR) is 80.2 cm³/mol. The van der Waals surface area contributed by atoms with Gasteiger partial charge in [0.15, 0.2) is 10.8 Å². The highest BCUT2D eigenvalue weighted by Gasteiger charge is 2.14. The molecule has 9 heteroatoms. The highest BCUT2D eigenvalue weighted by molar-refractivity contribution is 7.15. The van der Waals surface area contributed by atoms with E-state index in [-0.39, 0.29) is 5.91 Å². The second-order valence-corrected chi connectivity index (χ2v) is 5.22. The third kappa shape index (κ3) is 2.13. The molecule has 0 saturated carbocycles. The predicted octanol–water partition coefficient (Wildman–Crippen LogP) is 1.62. The van der Waals surface area contributed by atoms with Gasteiger partial charge >= 0.3 is 0 Å². The van der Waals surface area contributed by atoms with Crippen molar-refractivity contribution in [2.24, 2.45) is 0 Å². The van der Waals surface area contributed by atoms with E-state index in [0.717, 1.165) is 4.96 Å². The van der Waals surface area contributed by atoms with Gasteiger partial charge < -0.3 is 5.32 Å². The summed E-state index contributed by atoms with van der Waals surface area (Å²) < 4.78 is 3.23. The molecule has 108 valence electrons. The van der Waals surface area contributed by atoms with Crippen LogP contribution in [0.1, 0.15) is 10.5 Å². The highest BCUT2D eigenvalue weighted by atomic mass is 32.1. The number of hydrogen-bond donors (Lipinski definition) is 1. The van der Waals surface area contributed by atoms with E-state index >= 15 is 0 Å². The Morgan fingerprint density at radius 3 is 2.91 bits per heavy atom. The van der Waals surface area contributed by atoms with E-state index in [1.807, 2.05) is 5.38 Å². The van der Waals surface area contributed by atoms with Crippen molar-refractivity contribution in [1.29, 1.82) is 0 Å². The summed E-state index contributed by atoms with van der Waals surface area (Å²) in [7, 11) is 0. The number of carbonyl (C=O) groups excluding carboxylic acids is 1. The molecule has 4 rings (SSSR count). The lowest BCUT2D eigenvalue weighted by molar-refractivity contribution is 0.102. The molecular formula is C13H9N7OS. The van der Waals surface area contributed by atoms with Gasteiger partial charge in [-0.15, -0.1) is 16.4 Å². The number of anilines is 1. The SMILES string of the molecule is O=C(Nc1ccn(-c2ncccn2)n1)c1cnc2sccn12. The number of nitrogens with zero attached hydrogens (tertiary/aromatic N) is 6. The van der Waals surface area contributed by atoms with Crippen LogP contribution in [0.15, 0.2) is 48.5 Å². The van der Waals surface area contributed by atoms with Crippen LogP contribution in [0.3, 0.4) is 0 Å². The first kappa shape index (κ1) is 12.7. The molecule has 0 unspecified atom stereocenters. The van der Waals surface area contributed by atoms with Crippen LogP contribution in [0.4, 0.5) is 5.82 Å². The maximum atomic E-state index is 12.3. The second-order valence-electron chi connectivity index (χ2n) is 4.35. The molecule has 0 aliphatic carbocycles. The lowest BCUT2D eigenvalue weighted by Gasteiger charge is -2.00. The molecule has 1 amide bonds. The van der Waals surface area contributed by atoms with Gasteiger partial charge in [0, 0.05) is 36.2 Å². The Bertz CT molecular complexity index is 940. The zero-order valence-corrected chi connectivity index (χ0v) is 11.9. The quantitative estimate of drug-likeness (QED) is 0.621. The van der Waals surface area contributed by atoms with Crippen molar-refractivity contribution >= 4 is 28.0 Å². The number of thiazole rings is 1. The number of aromatic nitrogens is 6. The third-order valence-corrected chi connectivity index (χ3v) is 3.74. The molecule has 0 atom stereocenters. The number of hydrogen-bond acceptors (Lipinski definition) is 6. The van der Waals surface area contributed by atoms with E-state index < -0.39 is 0 Å². The largest absolute Gasteiger partial charge is 0.304 e. The first-order chi connectivity index (χ1) is 10.8. The van der Waals surface area contributed by atoms with Gasteiger partial charge in [-0.1, -0.05) is 0 Å². The third-order valence-electron chi connectivity index (χ3n) is 2.97. The van der Waals surface area contributed by atoms with Gasteiger partial charge in [-0.05, 0) is 6.07 Å². The van der Waals surface area contributed by atoms with E-state index in [0.29, 0.717) is 17.5 Å². The van der Waals surface area contributed by atoms with Gasteiger partial charge in [0.25, 0.3) is 5.91 Å². The summed E-state index contributed by atoms with van der Waals surface area (Å²) in [5.41, 5.74) is 0.460. The molecule has 0 radical (unpaired) electrons. The van der Waals surface area contributed by atoms with E-state index in [1.165, 1.54) is 16.0 Å². The Morgan fingerprint density at radius 2 is 2.05 bits per heavy atom. The molecule has 0 aromatic carbocycles. The molecule has 1 N–H and O–H groups in total. The molecule has 4 aromatic rings. The van der Waals surface area contributed by atoms with Crippen LogP contribution in [0, 0.1) is 0 Å². The molecule has 0 saturated heterocycles. The van der Waals surface area contributed by atoms with Gasteiger partial charge in [-0.3, -0.25) is 9.20 Å². The van der Waals surface area contributed by atoms with E-state index in [9.17, 15) is 4.79 Å². The van der Waals surface area contributed by atoms with Crippen LogP contribution in [0.5, 0.6) is 0 Å². The van der Waals surface area contributed by atoms with Crippen molar-refractivity contribution in [1.82, 2.24) is 29.1 Å². The Hall–Kier alpha value is -3.07. The summed E-state index contributed by atoms with van der Waals surface area (Å²) in [4.78, 5) is 25.4. The molecule has 22 heavy (non-hydrogen) atoms. The van der Waals surface area contributed by atoms with Crippen LogP contribution in [0.25, 0.3) is 10.9 Å². The Labute approximate surface area is 128 Å². The zero-order chi connectivity index (χ0) is 14.9. The Balaban J connectivity index is 1.58. The maximum Gasteiger partial charge on any atom is 0.275 e. The molecule has 4 aromatic heterocycles. The molecule has 0 fully saturated rings. The highest BCUT2D eigenvalue weighted by Crippen LogP contribution is 2.14. The number of fused-ring (bicyclic) bond motifs is 1. The van der Waals surface area contributed by atoms with E-state index in [1.54, 1.807) is 47.5 Å². The maximum absolute atomic E-state index is 12.3. The first-order valence-electron chi connectivity index (χ1n) is 6.36. The summed E-state index contributed by atoms with van der Waals surface area (Å²) >= 11 is 1.47. The second kappa shape index (κ2) is 5.04. The van der Waals surface area contributed by atoms with Crippen molar-refractivity contribution < 1.29 is 4.79 Å². The standard InChI is InChI=1S/C13H9N7OS/c21-11(9-8-16-13-19(9)6-7-22-13)17-10-2-5-20(18-10)12-14-3-1-4-15-12/h1-8H,(H,17,18,21). The van der Waals surface area contributed by atoms with Gasteiger partial charge in [0.05, 0.1) is 6.20 Å². The normalized spacial score (nSPS) is 10.9. The fourth-order valence-corrected chi connectivity index (χ4v) is 2.68. The average molecular weight is 311 g/mol. The smallest absolute Gasteiger partial charge is 0.275 e. The van der Waals surface area contributed by atoms with Crippen LogP contribution in [0.2, 0.25) is 0 Å². The number of imidazole rings is 1. The van der Waals surface area contributed by atoms with Crippen molar-refractivity contribution in [3.05, 3.63) is 54.2 Å². The first-order valence-corrected chi connectivity index (χ1v) is 7.24. The fourth-order valence-electron chi connectivity index (χ4n) is 1.99.